The van der Waals surface area contributed by atoms with Gasteiger partial charge in [0.15, 0.2) is 10.3 Å². The number of ether oxygens (including phenoxy) is 1. The predicted molar refractivity (Wildman–Crippen MR) is 127 cm³/mol. The highest BCUT2D eigenvalue weighted by Crippen LogP contribution is 2.39. The number of para-hydroxylation sites is 1. The van der Waals surface area contributed by atoms with Gasteiger partial charge in [0.2, 0.25) is 0 Å². The van der Waals surface area contributed by atoms with Crippen molar-refractivity contribution >= 4 is 76.7 Å². The van der Waals surface area contributed by atoms with Crippen LogP contribution in [0.15, 0.2) is 35.2 Å². The number of hydrogen-bond donors (Lipinski definition) is 0. The topological polar surface area (TPSA) is 41.5 Å². The first-order chi connectivity index (χ1) is 14.2. The van der Waals surface area contributed by atoms with Crippen LogP contribution in [0, 0.1) is 0 Å². The van der Waals surface area contributed by atoms with Gasteiger partial charge in [0.25, 0.3) is 0 Å². The minimum absolute atomic E-state index is 0.724. The number of methoxy groups -OCH3 is 1. The third-order valence-electron chi connectivity index (χ3n) is 5.08. The lowest BCUT2D eigenvalue weighted by molar-refractivity contribution is 0.419. The van der Waals surface area contributed by atoms with E-state index in [2.05, 4.69) is 34.3 Å². The molecule has 4 aromatic rings. The molecule has 9 heteroatoms. The molecular weight excluding hydrogens is 444 g/mol. The second-order valence-electron chi connectivity index (χ2n) is 6.70. The van der Waals surface area contributed by atoms with Crippen LogP contribution < -0.4 is 14.5 Å². The molecule has 0 unspecified atom stereocenters. The van der Waals surface area contributed by atoms with Crippen molar-refractivity contribution in [3.05, 3.63) is 35.4 Å². The Morgan fingerprint density at radius 3 is 2.34 bits per heavy atom. The molecule has 150 valence electrons. The smallest absolute Gasteiger partial charge is 0.186 e. The van der Waals surface area contributed by atoms with Crippen LogP contribution in [0.3, 0.4) is 0 Å². The monoisotopic (exact) mass is 462 g/mol. The van der Waals surface area contributed by atoms with Crippen molar-refractivity contribution in [3.63, 3.8) is 0 Å². The molecule has 3 heterocycles. The van der Waals surface area contributed by atoms with E-state index >= 15 is 0 Å². The maximum absolute atomic E-state index is 6.38. The summed E-state index contributed by atoms with van der Waals surface area (Å²) in [7, 11) is 1.67. The van der Waals surface area contributed by atoms with Crippen LogP contribution >= 0.6 is 46.0 Å². The number of piperazine rings is 1. The first-order valence-corrected chi connectivity index (χ1v) is 12.5. The Morgan fingerprint density at radius 2 is 1.66 bits per heavy atom. The van der Waals surface area contributed by atoms with Gasteiger partial charge in [-0.2, -0.15) is 0 Å². The summed E-state index contributed by atoms with van der Waals surface area (Å²) in [6.07, 6.45) is 2.10. The quantitative estimate of drug-likeness (QED) is 0.367. The molecule has 1 aliphatic heterocycles. The molecule has 0 radical (unpaired) electrons. The fourth-order valence-corrected chi connectivity index (χ4v) is 6.52. The number of fused-ring (bicyclic) bond motifs is 2. The molecular formula is C20H19ClN4OS3. The number of nitrogens with zero attached hydrogens (tertiary/aromatic N) is 4. The van der Waals surface area contributed by atoms with E-state index in [4.69, 9.17) is 26.3 Å². The highest BCUT2D eigenvalue weighted by molar-refractivity contribution is 7.98. The number of thioether (sulfide) groups is 1. The number of anilines is 2. The third kappa shape index (κ3) is 3.42. The Labute approximate surface area is 186 Å². The molecule has 5 rings (SSSR count). The van der Waals surface area contributed by atoms with Crippen LogP contribution in [0.25, 0.3) is 20.4 Å². The molecule has 0 atom stereocenters. The molecule has 29 heavy (non-hydrogen) atoms. The second kappa shape index (κ2) is 7.83. The number of aromatic nitrogens is 2. The largest absolute Gasteiger partial charge is 0.494 e. The molecule has 0 spiro atoms. The van der Waals surface area contributed by atoms with E-state index in [9.17, 15) is 0 Å². The van der Waals surface area contributed by atoms with Gasteiger partial charge in [0.1, 0.15) is 11.3 Å². The van der Waals surface area contributed by atoms with Gasteiger partial charge in [-0.3, -0.25) is 0 Å². The van der Waals surface area contributed by atoms with Crippen molar-refractivity contribution in [1.29, 1.82) is 0 Å². The fourth-order valence-electron chi connectivity index (χ4n) is 3.54. The summed E-state index contributed by atoms with van der Waals surface area (Å²) >= 11 is 11.5. The summed E-state index contributed by atoms with van der Waals surface area (Å²) in [6, 6.07) is 10.2. The van der Waals surface area contributed by atoms with Crippen molar-refractivity contribution < 1.29 is 4.74 Å². The number of rotatable bonds is 4. The minimum atomic E-state index is 0.724. The molecule has 0 N–H and O–H groups in total. The van der Waals surface area contributed by atoms with Gasteiger partial charge in [0.05, 0.1) is 27.0 Å². The Morgan fingerprint density at radius 1 is 0.966 bits per heavy atom. The molecule has 0 aliphatic carbocycles. The molecule has 5 nitrogen and oxygen atoms in total. The SMILES string of the molecule is COc1ccc(Cl)c2sc(N3CCN(c4nc5c(SC)cccc5s4)CC3)nc12. The third-order valence-corrected chi connectivity index (χ3v) is 8.51. The lowest BCUT2D eigenvalue weighted by atomic mass is 10.3. The summed E-state index contributed by atoms with van der Waals surface area (Å²) < 4.78 is 7.69. The highest BCUT2D eigenvalue weighted by atomic mass is 35.5. The normalized spacial score (nSPS) is 14.9. The average Bonchev–Trinajstić information content (AvgIpc) is 3.39. The van der Waals surface area contributed by atoms with Crippen LogP contribution in [-0.2, 0) is 0 Å². The lowest BCUT2D eigenvalue weighted by Gasteiger charge is -2.34. The van der Waals surface area contributed by atoms with Crippen LogP contribution in [0.1, 0.15) is 0 Å². The zero-order valence-corrected chi connectivity index (χ0v) is 19.2. The zero-order valence-electron chi connectivity index (χ0n) is 16.0. The van der Waals surface area contributed by atoms with Crippen molar-refractivity contribution in [1.82, 2.24) is 9.97 Å². The van der Waals surface area contributed by atoms with Crippen LogP contribution in [0.2, 0.25) is 5.02 Å². The van der Waals surface area contributed by atoms with E-state index in [-0.39, 0.29) is 0 Å². The van der Waals surface area contributed by atoms with Gasteiger partial charge in [-0.15, -0.1) is 11.8 Å². The molecule has 1 saturated heterocycles. The summed E-state index contributed by atoms with van der Waals surface area (Å²) in [5.41, 5.74) is 1.97. The van der Waals surface area contributed by atoms with Gasteiger partial charge in [-0.25, -0.2) is 9.97 Å². The van der Waals surface area contributed by atoms with E-state index < -0.39 is 0 Å². The first kappa shape index (κ1) is 19.2. The Balaban J connectivity index is 1.37. The van der Waals surface area contributed by atoms with E-state index in [1.54, 1.807) is 41.5 Å². The summed E-state index contributed by atoms with van der Waals surface area (Å²) in [5.74, 6) is 0.768. The number of halogens is 1. The van der Waals surface area contributed by atoms with Gasteiger partial charge >= 0.3 is 0 Å². The van der Waals surface area contributed by atoms with Crippen LogP contribution in [-0.4, -0.2) is 49.5 Å². The Hall–Kier alpha value is -1.74. The van der Waals surface area contributed by atoms with Gasteiger partial charge in [-0.05, 0) is 30.5 Å². The minimum Gasteiger partial charge on any atom is -0.494 e. The van der Waals surface area contributed by atoms with Crippen molar-refractivity contribution in [3.8, 4) is 5.75 Å². The van der Waals surface area contributed by atoms with Crippen molar-refractivity contribution in [2.75, 3.05) is 49.3 Å². The second-order valence-corrected chi connectivity index (χ2v) is 9.94. The van der Waals surface area contributed by atoms with Crippen molar-refractivity contribution in [2.24, 2.45) is 0 Å². The summed E-state index contributed by atoms with van der Waals surface area (Å²) in [4.78, 5) is 15.7. The fraction of sp³-hybridized carbons (Fsp3) is 0.300. The maximum Gasteiger partial charge on any atom is 0.186 e. The maximum atomic E-state index is 6.38. The van der Waals surface area contributed by atoms with Gasteiger partial charge < -0.3 is 14.5 Å². The molecule has 2 aromatic carbocycles. The van der Waals surface area contributed by atoms with Crippen LogP contribution in [0.5, 0.6) is 5.75 Å². The lowest BCUT2D eigenvalue weighted by Crippen LogP contribution is -2.46. The van der Waals surface area contributed by atoms with Crippen LogP contribution in [0.4, 0.5) is 10.3 Å². The standard InChI is InChI=1S/C20H19ClN4OS3/c1-26-13-7-6-12(21)18-16(13)22-20(29-18)25-10-8-24(9-11-25)19-23-17-14(27-2)4-3-5-15(17)28-19/h3-7H,8-11H2,1-2H3. The summed E-state index contributed by atoms with van der Waals surface area (Å²) in [6.45, 7) is 3.67. The zero-order chi connectivity index (χ0) is 20.0. The van der Waals surface area contributed by atoms with E-state index in [1.165, 1.54) is 9.60 Å². The predicted octanol–water partition coefficient (Wildman–Crippen LogP) is 5.62. The van der Waals surface area contributed by atoms with Gasteiger partial charge in [0, 0.05) is 31.1 Å². The first-order valence-electron chi connectivity index (χ1n) is 9.24. The average molecular weight is 463 g/mol. The number of hydrogen-bond acceptors (Lipinski definition) is 8. The van der Waals surface area contributed by atoms with Crippen molar-refractivity contribution in [2.45, 2.75) is 4.90 Å². The van der Waals surface area contributed by atoms with E-state index in [1.807, 2.05) is 12.1 Å². The number of thiazole rings is 2. The molecule has 0 saturated carbocycles. The summed E-state index contributed by atoms with van der Waals surface area (Å²) in [5, 5.41) is 2.83. The number of benzene rings is 2. The molecule has 0 amide bonds. The Bertz CT molecular complexity index is 1180. The molecule has 0 bridgehead atoms. The molecule has 2 aromatic heterocycles. The van der Waals surface area contributed by atoms with E-state index in [0.717, 1.165) is 62.9 Å². The molecule has 1 aliphatic rings. The molecule has 1 fully saturated rings. The van der Waals surface area contributed by atoms with E-state index in [0.29, 0.717) is 0 Å². The van der Waals surface area contributed by atoms with Gasteiger partial charge in [-0.1, -0.05) is 40.3 Å². The Kier molecular flexibility index (Phi) is 5.19. The highest BCUT2D eigenvalue weighted by Gasteiger charge is 2.23.